The summed E-state index contributed by atoms with van der Waals surface area (Å²) in [5.41, 5.74) is 0. The van der Waals surface area contributed by atoms with Crippen LogP contribution in [0.3, 0.4) is 0 Å². The predicted octanol–water partition coefficient (Wildman–Crippen LogP) is 3.39. The normalized spacial score (nSPS) is 50.7. The van der Waals surface area contributed by atoms with Gasteiger partial charge in [0.1, 0.15) is 0 Å². The Hall–Kier alpha value is -0.260. The van der Waals surface area contributed by atoms with Gasteiger partial charge in [-0.2, -0.15) is 0 Å². The van der Waals surface area contributed by atoms with Gasteiger partial charge in [-0.25, -0.2) is 0 Å². The van der Waals surface area contributed by atoms with Gasteiger partial charge in [0.2, 0.25) is 0 Å². The molecule has 0 N–H and O–H groups in total. The molecule has 4 atom stereocenters. The highest BCUT2D eigenvalue weighted by molar-refractivity contribution is 5.10. The Morgan fingerprint density at radius 3 is 1.58 bits per heavy atom. The second-order valence-corrected chi connectivity index (χ2v) is 4.90. The predicted molar refractivity (Wildman–Crippen MR) is 50.8 cm³/mol. The van der Waals surface area contributed by atoms with Crippen molar-refractivity contribution in [2.75, 3.05) is 0 Å². The molecule has 12 heavy (non-hydrogen) atoms. The molecule has 0 aliphatic heterocycles. The van der Waals surface area contributed by atoms with Crippen LogP contribution in [0.2, 0.25) is 0 Å². The fourth-order valence-corrected chi connectivity index (χ4v) is 3.83. The molecule has 2 fully saturated rings. The summed E-state index contributed by atoms with van der Waals surface area (Å²) in [5.74, 6) is 4.17. The lowest BCUT2D eigenvalue weighted by Gasteiger charge is -2.47. The molecule has 0 saturated heterocycles. The van der Waals surface area contributed by atoms with Gasteiger partial charge in [0.25, 0.3) is 0 Å². The molecular formula is C12H18. The van der Waals surface area contributed by atoms with E-state index in [9.17, 15) is 0 Å². The molecule has 4 aliphatic rings. The summed E-state index contributed by atoms with van der Waals surface area (Å²) in [6.45, 7) is 0. The smallest absolute Gasteiger partial charge is 0.0202 e. The van der Waals surface area contributed by atoms with E-state index in [0.717, 1.165) is 23.7 Å². The summed E-state index contributed by atoms with van der Waals surface area (Å²) < 4.78 is 0. The van der Waals surface area contributed by atoms with Crippen LogP contribution in [0.4, 0.5) is 0 Å². The molecule has 2 saturated carbocycles. The number of rotatable bonds is 0. The van der Waals surface area contributed by atoms with Crippen molar-refractivity contribution in [1.82, 2.24) is 0 Å². The maximum atomic E-state index is 2.53. The first-order valence-corrected chi connectivity index (χ1v) is 5.63. The van der Waals surface area contributed by atoms with Gasteiger partial charge in [-0.3, -0.25) is 0 Å². The summed E-state index contributed by atoms with van der Waals surface area (Å²) in [6.07, 6.45) is 14.2. The van der Waals surface area contributed by atoms with Crippen molar-refractivity contribution >= 4 is 0 Å². The van der Waals surface area contributed by atoms with Gasteiger partial charge in [-0.15, -0.1) is 0 Å². The SMILES string of the molecule is C1=CC2CCC1C1CCCCC21. The summed E-state index contributed by atoms with van der Waals surface area (Å²) >= 11 is 0. The van der Waals surface area contributed by atoms with Crippen LogP contribution >= 0.6 is 0 Å². The maximum Gasteiger partial charge on any atom is -0.0202 e. The van der Waals surface area contributed by atoms with E-state index in [2.05, 4.69) is 12.2 Å². The Morgan fingerprint density at radius 2 is 1.17 bits per heavy atom. The largest absolute Gasteiger partial charge is 0.0848 e. The molecule has 0 aromatic heterocycles. The van der Waals surface area contributed by atoms with Crippen LogP contribution in [0.5, 0.6) is 0 Å². The molecule has 66 valence electrons. The van der Waals surface area contributed by atoms with E-state index in [1.165, 1.54) is 38.5 Å². The monoisotopic (exact) mass is 162 g/mol. The zero-order chi connectivity index (χ0) is 7.97. The van der Waals surface area contributed by atoms with E-state index < -0.39 is 0 Å². The molecule has 0 aromatic carbocycles. The van der Waals surface area contributed by atoms with Gasteiger partial charge in [-0.1, -0.05) is 25.0 Å². The van der Waals surface area contributed by atoms with E-state index in [0.29, 0.717) is 0 Å². The number of hydrogen-bond donors (Lipinski definition) is 0. The van der Waals surface area contributed by atoms with Crippen molar-refractivity contribution in [2.24, 2.45) is 23.7 Å². The zero-order valence-corrected chi connectivity index (χ0v) is 7.71. The minimum atomic E-state index is 0.986. The van der Waals surface area contributed by atoms with Crippen molar-refractivity contribution in [3.8, 4) is 0 Å². The third kappa shape index (κ3) is 0.901. The van der Waals surface area contributed by atoms with Crippen molar-refractivity contribution < 1.29 is 0 Å². The van der Waals surface area contributed by atoms with E-state index in [4.69, 9.17) is 0 Å². The van der Waals surface area contributed by atoms with E-state index in [-0.39, 0.29) is 0 Å². The Bertz CT molecular complexity index is 182. The molecule has 0 heteroatoms. The number of allylic oxidation sites excluding steroid dienone is 2. The van der Waals surface area contributed by atoms with Crippen LogP contribution < -0.4 is 0 Å². The third-order valence-corrected chi connectivity index (χ3v) is 4.41. The van der Waals surface area contributed by atoms with Gasteiger partial charge in [0, 0.05) is 0 Å². The van der Waals surface area contributed by atoms with Crippen molar-refractivity contribution in [1.29, 1.82) is 0 Å². The van der Waals surface area contributed by atoms with Gasteiger partial charge < -0.3 is 0 Å². The molecule has 0 aromatic rings. The van der Waals surface area contributed by atoms with E-state index in [1.54, 1.807) is 0 Å². The molecular weight excluding hydrogens is 144 g/mol. The quantitative estimate of drug-likeness (QED) is 0.479. The Kier molecular flexibility index (Phi) is 1.56. The second kappa shape index (κ2) is 2.61. The highest BCUT2D eigenvalue weighted by Crippen LogP contribution is 2.50. The van der Waals surface area contributed by atoms with E-state index in [1.807, 2.05) is 0 Å². The molecule has 0 nitrogen and oxygen atoms in total. The molecule has 0 amide bonds. The van der Waals surface area contributed by atoms with Gasteiger partial charge in [0.15, 0.2) is 0 Å². The van der Waals surface area contributed by atoms with Crippen LogP contribution in [0.15, 0.2) is 12.2 Å². The first kappa shape index (κ1) is 7.17. The molecule has 0 spiro atoms. The highest BCUT2D eigenvalue weighted by atomic mass is 14.5. The molecule has 4 unspecified atom stereocenters. The van der Waals surface area contributed by atoms with Crippen LogP contribution in [0, 0.1) is 23.7 Å². The summed E-state index contributed by atoms with van der Waals surface area (Å²) in [6, 6.07) is 0. The zero-order valence-electron chi connectivity index (χ0n) is 7.71. The molecule has 2 bridgehead atoms. The fraction of sp³-hybridized carbons (Fsp3) is 0.833. The van der Waals surface area contributed by atoms with E-state index >= 15 is 0 Å². The summed E-state index contributed by atoms with van der Waals surface area (Å²) in [7, 11) is 0. The lowest BCUT2D eigenvalue weighted by molar-refractivity contribution is 0.0784. The third-order valence-electron chi connectivity index (χ3n) is 4.41. The number of hydrogen-bond acceptors (Lipinski definition) is 0. The van der Waals surface area contributed by atoms with Crippen molar-refractivity contribution in [3.05, 3.63) is 12.2 Å². The molecule has 0 radical (unpaired) electrons. The van der Waals surface area contributed by atoms with Crippen LogP contribution in [-0.4, -0.2) is 0 Å². The van der Waals surface area contributed by atoms with Gasteiger partial charge in [0.05, 0.1) is 0 Å². The fourth-order valence-electron chi connectivity index (χ4n) is 3.83. The van der Waals surface area contributed by atoms with Crippen molar-refractivity contribution in [3.63, 3.8) is 0 Å². The standard InChI is InChI=1S/C12H18/c1-2-4-12-10-7-5-9(6-8-10)11(12)3-1/h5,7,9-12H,1-4,6,8H2. The topological polar surface area (TPSA) is 0 Å². The molecule has 4 aliphatic carbocycles. The molecule has 0 heterocycles. The maximum absolute atomic E-state index is 2.53. The second-order valence-electron chi connectivity index (χ2n) is 4.90. The van der Waals surface area contributed by atoms with Gasteiger partial charge >= 0.3 is 0 Å². The Labute approximate surface area is 75.0 Å². The lowest BCUT2D eigenvalue weighted by Crippen LogP contribution is -2.38. The average Bonchev–Trinajstić information content (AvgIpc) is 2.20. The lowest BCUT2D eigenvalue weighted by atomic mass is 9.58. The summed E-state index contributed by atoms with van der Waals surface area (Å²) in [5, 5.41) is 0. The van der Waals surface area contributed by atoms with Crippen LogP contribution in [-0.2, 0) is 0 Å². The van der Waals surface area contributed by atoms with Gasteiger partial charge in [-0.05, 0) is 49.4 Å². The molecule has 4 rings (SSSR count). The van der Waals surface area contributed by atoms with Crippen molar-refractivity contribution in [2.45, 2.75) is 38.5 Å². The first-order chi connectivity index (χ1) is 5.95. The highest BCUT2D eigenvalue weighted by Gasteiger charge is 2.41. The Balaban J connectivity index is 1.90. The Morgan fingerprint density at radius 1 is 0.667 bits per heavy atom. The van der Waals surface area contributed by atoms with Crippen LogP contribution in [0.1, 0.15) is 38.5 Å². The number of fused-ring (bicyclic) bond motifs is 1. The summed E-state index contributed by atoms with van der Waals surface area (Å²) in [4.78, 5) is 0. The van der Waals surface area contributed by atoms with Crippen LogP contribution in [0.25, 0.3) is 0 Å². The average molecular weight is 162 g/mol. The minimum absolute atomic E-state index is 0.986. The first-order valence-electron chi connectivity index (χ1n) is 5.63. The minimum Gasteiger partial charge on any atom is -0.0848 e.